The molecule has 1 unspecified atom stereocenters. The Hall–Kier alpha value is -2.54. The van der Waals surface area contributed by atoms with Crippen molar-refractivity contribution in [3.05, 3.63) is 75.4 Å². The van der Waals surface area contributed by atoms with Crippen LogP contribution >= 0.6 is 11.8 Å². The summed E-state index contributed by atoms with van der Waals surface area (Å²) in [6.07, 6.45) is 5.19. The molecule has 0 aromatic carbocycles. The summed E-state index contributed by atoms with van der Waals surface area (Å²) < 4.78 is 1.60. The van der Waals surface area contributed by atoms with Gasteiger partial charge in [-0.3, -0.25) is 19.1 Å². The van der Waals surface area contributed by atoms with Crippen LogP contribution < -0.4 is 11.3 Å². The summed E-state index contributed by atoms with van der Waals surface area (Å²) >= 11 is 1.30. The van der Waals surface area contributed by atoms with E-state index >= 15 is 0 Å². The molecule has 2 N–H and O–H groups in total. The van der Waals surface area contributed by atoms with E-state index in [9.17, 15) is 9.59 Å². The number of hydrogen-bond donors (Lipinski definition) is 1. The highest BCUT2D eigenvalue weighted by Crippen LogP contribution is 2.44. The Morgan fingerprint density at radius 3 is 2.83 bits per heavy atom. The number of carbonyl (C=O) groups excluding carboxylic acids is 1. The lowest BCUT2D eigenvalue weighted by molar-refractivity contribution is -0.114. The second-order valence-corrected chi connectivity index (χ2v) is 6.22. The average molecular weight is 328 g/mol. The van der Waals surface area contributed by atoms with Crippen molar-refractivity contribution in [2.24, 2.45) is 5.73 Å². The summed E-state index contributed by atoms with van der Waals surface area (Å²) in [6, 6.07) is 8.80. The standard InChI is InChI=1S/C16H16N4O2S/c1-11-14(15(17)22)23-16(19-8-3-2-6-13(19)21)20(11)10-12-5-4-7-18-9-12/h2-9,16H,10H2,1H3,(H2,17,22). The molecule has 3 heterocycles. The van der Waals surface area contributed by atoms with Gasteiger partial charge in [-0.2, -0.15) is 0 Å². The minimum Gasteiger partial charge on any atom is -0.365 e. The van der Waals surface area contributed by atoms with Crippen molar-refractivity contribution < 1.29 is 4.79 Å². The van der Waals surface area contributed by atoms with Gasteiger partial charge < -0.3 is 10.6 Å². The van der Waals surface area contributed by atoms with Gasteiger partial charge in [-0.1, -0.05) is 23.9 Å². The van der Waals surface area contributed by atoms with Crippen LogP contribution in [0.3, 0.4) is 0 Å². The number of pyridine rings is 2. The van der Waals surface area contributed by atoms with Gasteiger partial charge in [0.05, 0.1) is 4.91 Å². The van der Waals surface area contributed by atoms with Crippen molar-refractivity contribution in [3.8, 4) is 0 Å². The highest BCUT2D eigenvalue weighted by Gasteiger charge is 2.34. The fourth-order valence-electron chi connectivity index (χ4n) is 2.50. The molecular weight excluding hydrogens is 312 g/mol. The quantitative estimate of drug-likeness (QED) is 0.923. The van der Waals surface area contributed by atoms with Gasteiger partial charge in [-0.15, -0.1) is 0 Å². The molecule has 1 amide bonds. The number of amides is 1. The monoisotopic (exact) mass is 328 g/mol. The van der Waals surface area contributed by atoms with E-state index in [-0.39, 0.29) is 11.1 Å². The molecule has 6 nitrogen and oxygen atoms in total. The number of aromatic nitrogens is 2. The molecule has 1 aliphatic rings. The smallest absolute Gasteiger partial charge is 0.257 e. The topological polar surface area (TPSA) is 81.2 Å². The van der Waals surface area contributed by atoms with E-state index in [4.69, 9.17) is 5.73 Å². The zero-order chi connectivity index (χ0) is 16.4. The second-order valence-electron chi connectivity index (χ2n) is 5.16. The predicted octanol–water partition coefficient (Wildman–Crippen LogP) is 1.67. The number of hydrogen-bond acceptors (Lipinski definition) is 5. The van der Waals surface area contributed by atoms with E-state index in [1.54, 1.807) is 35.3 Å². The summed E-state index contributed by atoms with van der Waals surface area (Å²) in [5.74, 6) is -0.477. The Bertz CT molecular complexity index is 816. The largest absolute Gasteiger partial charge is 0.365 e. The number of thioether (sulfide) groups is 1. The number of nitrogens with zero attached hydrogens (tertiary/aromatic N) is 3. The van der Waals surface area contributed by atoms with E-state index in [2.05, 4.69) is 4.98 Å². The van der Waals surface area contributed by atoms with Gasteiger partial charge in [0.25, 0.3) is 11.5 Å². The predicted molar refractivity (Wildman–Crippen MR) is 89.0 cm³/mol. The minimum absolute atomic E-state index is 0.125. The molecule has 2 aromatic rings. The fourth-order valence-corrected chi connectivity index (χ4v) is 3.76. The van der Waals surface area contributed by atoms with E-state index in [0.717, 1.165) is 11.3 Å². The van der Waals surface area contributed by atoms with Crippen molar-refractivity contribution in [1.82, 2.24) is 14.5 Å². The highest BCUT2D eigenvalue weighted by molar-refractivity contribution is 8.04. The number of allylic oxidation sites excluding steroid dienone is 1. The van der Waals surface area contributed by atoms with E-state index < -0.39 is 5.91 Å². The lowest BCUT2D eigenvalue weighted by Gasteiger charge is -2.28. The molecule has 118 valence electrons. The van der Waals surface area contributed by atoms with Crippen LogP contribution in [0.25, 0.3) is 0 Å². The molecule has 0 fully saturated rings. The molecule has 23 heavy (non-hydrogen) atoms. The molecule has 0 saturated carbocycles. The Kier molecular flexibility index (Phi) is 4.20. The summed E-state index contributed by atoms with van der Waals surface area (Å²) in [4.78, 5) is 30.4. The second kappa shape index (κ2) is 6.29. The maximum absolute atomic E-state index is 12.2. The molecule has 1 atom stereocenters. The number of nitrogens with two attached hydrogens (primary N) is 1. The minimum atomic E-state index is -0.477. The van der Waals surface area contributed by atoms with Gasteiger partial charge in [0.1, 0.15) is 0 Å². The summed E-state index contributed by atoms with van der Waals surface area (Å²) in [5, 5.41) is 0. The van der Waals surface area contributed by atoms with E-state index in [1.165, 1.54) is 17.8 Å². The zero-order valence-electron chi connectivity index (χ0n) is 12.5. The SMILES string of the molecule is CC1=C(C(N)=O)SC(n2ccccc2=O)N1Cc1cccnc1. The maximum Gasteiger partial charge on any atom is 0.257 e. The van der Waals surface area contributed by atoms with Crippen molar-refractivity contribution in [2.45, 2.75) is 19.0 Å². The third kappa shape index (κ3) is 3.00. The summed E-state index contributed by atoms with van der Waals surface area (Å²) in [6.45, 7) is 2.38. The lowest BCUT2D eigenvalue weighted by atomic mass is 10.2. The van der Waals surface area contributed by atoms with E-state index in [0.29, 0.717) is 11.4 Å². The van der Waals surface area contributed by atoms with Gasteiger partial charge >= 0.3 is 0 Å². The van der Waals surface area contributed by atoms with Crippen molar-refractivity contribution >= 4 is 17.7 Å². The highest BCUT2D eigenvalue weighted by atomic mass is 32.2. The molecule has 0 bridgehead atoms. The van der Waals surface area contributed by atoms with Gasteiger partial charge in [0.2, 0.25) is 0 Å². The first kappa shape index (κ1) is 15.4. The Labute approximate surface area is 137 Å². The summed E-state index contributed by atoms with van der Waals surface area (Å²) in [7, 11) is 0. The number of rotatable bonds is 4. The Morgan fingerprint density at radius 2 is 2.17 bits per heavy atom. The summed E-state index contributed by atoms with van der Waals surface area (Å²) in [5.41, 5.74) is 6.77. The third-order valence-electron chi connectivity index (χ3n) is 3.64. The molecule has 3 rings (SSSR count). The van der Waals surface area contributed by atoms with Crippen LogP contribution in [0, 0.1) is 0 Å². The molecular formula is C16H16N4O2S. The zero-order valence-corrected chi connectivity index (χ0v) is 13.4. The molecule has 0 radical (unpaired) electrons. The van der Waals surface area contributed by atoms with Crippen molar-refractivity contribution in [3.63, 3.8) is 0 Å². The van der Waals surface area contributed by atoms with Crippen molar-refractivity contribution in [1.29, 1.82) is 0 Å². The van der Waals surface area contributed by atoms with Crippen LogP contribution in [-0.2, 0) is 11.3 Å². The number of primary amides is 1. The molecule has 0 spiro atoms. The van der Waals surface area contributed by atoms with Crippen LogP contribution in [0.15, 0.2) is 64.3 Å². The molecule has 0 saturated heterocycles. The normalized spacial score (nSPS) is 17.6. The Balaban J connectivity index is 2.00. The first-order valence-electron chi connectivity index (χ1n) is 7.08. The van der Waals surface area contributed by atoms with Gasteiger partial charge in [0, 0.05) is 36.9 Å². The maximum atomic E-state index is 12.2. The van der Waals surface area contributed by atoms with Gasteiger partial charge in [0.15, 0.2) is 5.50 Å². The van der Waals surface area contributed by atoms with Crippen LogP contribution in [0.1, 0.15) is 18.0 Å². The number of carbonyl (C=O) groups is 1. The van der Waals surface area contributed by atoms with Gasteiger partial charge in [-0.05, 0) is 24.6 Å². The van der Waals surface area contributed by atoms with Crippen LogP contribution in [-0.4, -0.2) is 20.4 Å². The van der Waals surface area contributed by atoms with Gasteiger partial charge in [-0.25, -0.2) is 0 Å². The van der Waals surface area contributed by atoms with Crippen LogP contribution in [0.5, 0.6) is 0 Å². The lowest BCUT2D eigenvalue weighted by Crippen LogP contribution is -2.31. The first-order chi connectivity index (χ1) is 11.1. The molecule has 2 aromatic heterocycles. The molecule has 1 aliphatic heterocycles. The third-order valence-corrected chi connectivity index (χ3v) is 5.06. The average Bonchev–Trinajstić information content (AvgIpc) is 2.86. The molecule has 0 aliphatic carbocycles. The van der Waals surface area contributed by atoms with E-state index in [1.807, 2.05) is 24.0 Å². The van der Waals surface area contributed by atoms with Crippen LogP contribution in [0.4, 0.5) is 0 Å². The fraction of sp³-hybridized carbons (Fsp3) is 0.188. The van der Waals surface area contributed by atoms with Crippen LogP contribution in [0.2, 0.25) is 0 Å². The molecule has 7 heteroatoms. The first-order valence-corrected chi connectivity index (χ1v) is 7.96. The van der Waals surface area contributed by atoms with Crippen molar-refractivity contribution in [2.75, 3.05) is 0 Å². The Morgan fingerprint density at radius 1 is 1.35 bits per heavy atom.